The zero-order valence-corrected chi connectivity index (χ0v) is 12.1. The molecule has 0 aliphatic heterocycles. The average Bonchev–Trinajstić information content (AvgIpc) is 2.38. The molecule has 1 aliphatic carbocycles. The molecular formula is C12H12O4W. The average molecular weight is 404 g/mol. The van der Waals surface area contributed by atoms with Crippen LogP contribution in [-0.4, -0.2) is 27.2 Å². The van der Waals surface area contributed by atoms with E-state index < -0.39 is 0 Å². The maximum absolute atomic E-state index is 7.50. The van der Waals surface area contributed by atoms with Gasteiger partial charge >= 0.3 is 0 Å². The van der Waals surface area contributed by atoms with Gasteiger partial charge in [0.1, 0.15) is 0 Å². The molecule has 0 atom stereocenters. The summed E-state index contributed by atoms with van der Waals surface area (Å²) in [6.45, 7) is 18.0. The summed E-state index contributed by atoms with van der Waals surface area (Å²) in [5.74, 6) is 0. The smallest absolute Gasteiger partial charge is 0.281 e. The van der Waals surface area contributed by atoms with Crippen LogP contribution in [0.5, 0.6) is 0 Å². The van der Waals surface area contributed by atoms with E-state index in [1.807, 2.05) is 0 Å². The molecular weight excluding hydrogens is 392 g/mol. The van der Waals surface area contributed by atoms with Crippen LogP contribution in [0.3, 0.4) is 0 Å². The van der Waals surface area contributed by atoms with E-state index in [4.69, 9.17) is 19.2 Å². The van der Waals surface area contributed by atoms with Crippen molar-refractivity contribution in [1.29, 1.82) is 0 Å². The Kier molecular flexibility index (Phi) is 106. The van der Waals surface area contributed by atoms with Gasteiger partial charge < -0.3 is 0 Å². The van der Waals surface area contributed by atoms with Gasteiger partial charge in [0.15, 0.2) is 0 Å². The van der Waals surface area contributed by atoms with Crippen molar-refractivity contribution < 1.29 is 40.2 Å². The van der Waals surface area contributed by atoms with Crippen molar-refractivity contribution in [2.75, 3.05) is 0 Å². The Balaban J connectivity index is -0.0000000462. The first-order valence-corrected chi connectivity index (χ1v) is 4.13. The molecule has 4 nitrogen and oxygen atoms in total. The molecule has 0 saturated heterocycles. The monoisotopic (exact) mass is 404 g/mol. The Morgan fingerprint density at radius 3 is 1.06 bits per heavy atom. The molecule has 0 aromatic rings. The zero-order chi connectivity index (χ0) is 13.7. The number of carbonyl (C=O) groups excluding carboxylic acids is 4. The molecule has 0 saturated carbocycles. The molecule has 0 heterocycles. The minimum Gasteiger partial charge on any atom is -0.281 e. The van der Waals surface area contributed by atoms with Crippen molar-refractivity contribution in [3.63, 3.8) is 0 Å². The van der Waals surface area contributed by atoms with Crippen molar-refractivity contribution in [3.8, 4) is 0 Å². The first-order valence-electron chi connectivity index (χ1n) is 4.13. The third-order valence-electron chi connectivity index (χ3n) is 1.37. The fourth-order valence-electron chi connectivity index (χ4n) is 0.874. The van der Waals surface area contributed by atoms with Crippen LogP contribution >= 0.6 is 0 Å². The van der Waals surface area contributed by atoms with E-state index >= 15 is 0 Å². The number of rotatable bonds is 0. The molecule has 0 aromatic heterocycles. The standard InChI is InChI=1S/C8H12.4CO.W/c1-2-4-6-8-7-5-3-1;4*1-2;/h1-4H,5-8H2;;;;;/b3-1-,4-2-;;;;;. The SMILES string of the molecule is C1=C\CCCC\C=C/1.[C]=O.[C]=O.[C]=O.[C]=O.[W]. The van der Waals surface area contributed by atoms with Crippen LogP contribution in [0.25, 0.3) is 0 Å². The van der Waals surface area contributed by atoms with Crippen molar-refractivity contribution in [3.05, 3.63) is 24.3 Å². The first-order chi connectivity index (χ1) is 8.00. The van der Waals surface area contributed by atoms with Gasteiger partial charge in [-0.2, -0.15) is 0 Å². The second kappa shape index (κ2) is 60.7. The molecule has 1 aliphatic rings. The Morgan fingerprint density at radius 2 is 0.824 bits per heavy atom. The van der Waals surface area contributed by atoms with Gasteiger partial charge in [0.2, 0.25) is 0 Å². The first kappa shape index (κ1) is 29.7. The van der Waals surface area contributed by atoms with Crippen LogP contribution in [0.15, 0.2) is 24.3 Å². The molecule has 0 amide bonds. The van der Waals surface area contributed by atoms with E-state index in [9.17, 15) is 0 Å². The summed E-state index contributed by atoms with van der Waals surface area (Å²) in [5.41, 5.74) is 0. The van der Waals surface area contributed by atoms with Gasteiger partial charge in [0.05, 0.1) is 0 Å². The van der Waals surface area contributed by atoms with Gasteiger partial charge in [-0.15, -0.1) is 0 Å². The van der Waals surface area contributed by atoms with Crippen molar-refractivity contribution >= 4 is 27.2 Å². The predicted octanol–water partition coefficient (Wildman–Crippen LogP) is 1.08. The largest absolute Gasteiger partial charge is 0.281 e. The van der Waals surface area contributed by atoms with Gasteiger partial charge in [-0.3, -0.25) is 19.2 Å². The normalized spacial score (nSPS) is 14.1. The summed E-state index contributed by atoms with van der Waals surface area (Å²) >= 11 is 0. The summed E-state index contributed by atoms with van der Waals surface area (Å²) in [6, 6.07) is 0. The quantitative estimate of drug-likeness (QED) is 0.607. The third kappa shape index (κ3) is 52.3. The second-order valence-corrected chi connectivity index (χ2v) is 2.14. The molecule has 0 bridgehead atoms. The van der Waals surface area contributed by atoms with Crippen LogP contribution in [0.1, 0.15) is 25.7 Å². The van der Waals surface area contributed by atoms with E-state index in [2.05, 4.69) is 51.5 Å². The number of allylic oxidation sites excluding steroid dienone is 4. The molecule has 17 heavy (non-hydrogen) atoms. The second-order valence-electron chi connectivity index (χ2n) is 2.14. The Labute approximate surface area is 117 Å². The molecule has 5 heteroatoms. The third-order valence-corrected chi connectivity index (χ3v) is 1.37. The van der Waals surface area contributed by atoms with Gasteiger partial charge in [0.25, 0.3) is 27.2 Å². The van der Waals surface area contributed by atoms with Crippen LogP contribution in [-0.2, 0) is 40.2 Å². The van der Waals surface area contributed by atoms with Crippen molar-refractivity contribution in [1.82, 2.24) is 0 Å². The maximum atomic E-state index is 7.50. The molecule has 0 aromatic carbocycles. The fourth-order valence-corrected chi connectivity index (χ4v) is 0.874. The van der Waals surface area contributed by atoms with E-state index in [1.54, 1.807) is 0 Å². The minimum absolute atomic E-state index is 0. The minimum atomic E-state index is 0. The molecule has 0 unspecified atom stereocenters. The summed E-state index contributed by atoms with van der Waals surface area (Å²) in [6.07, 6.45) is 14.0. The fraction of sp³-hybridized carbons (Fsp3) is 0.333. The van der Waals surface area contributed by atoms with Crippen LogP contribution in [0.2, 0.25) is 0 Å². The molecule has 0 N–H and O–H groups in total. The number of hydrogen-bond acceptors (Lipinski definition) is 4. The zero-order valence-electron chi connectivity index (χ0n) is 9.18. The van der Waals surface area contributed by atoms with Crippen molar-refractivity contribution in [2.24, 2.45) is 0 Å². The van der Waals surface area contributed by atoms with E-state index in [0.717, 1.165) is 0 Å². The van der Waals surface area contributed by atoms with Crippen LogP contribution in [0.4, 0.5) is 0 Å². The van der Waals surface area contributed by atoms with Gasteiger partial charge in [-0.05, 0) is 25.7 Å². The van der Waals surface area contributed by atoms with E-state index in [0.29, 0.717) is 0 Å². The van der Waals surface area contributed by atoms with Gasteiger partial charge in [-0.1, -0.05) is 24.3 Å². The van der Waals surface area contributed by atoms with Gasteiger partial charge in [-0.25, -0.2) is 0 Å². The molecule has 0 fully saturated rings. The van der Waals surface area contributed by atoms with Crippen LogP contribution in [0, 0.1) is 0 Å². The van der Waals surface area contributed by atoms with E-state index in [1.165, 1.54) is 25.7 Å². The summed E-state index contributed by atoms with van der Waals surface area (Å²) in [4.78, 5) is 30.0. The summed E-state index contributed by atoms with van der Waals surface area (Å²) in [5, 5.41) is 0. The summed E-state index contributed by atoms with van der Waals surface area (Å²) < 4.78 is 0. The maximum Gasteiger partial charge on any atom is 0.281 e. The Bertz CT molecular complexity index is 139. The summed E-state index contributed by atoms with van der Waals surface area (Å²) in [7, 11) is 0. The van der Waals surface area contributed by atoms with Gasteiger partial charge in [0, 0.05) is 21.1 Å². The molecule has 8 radical (unpaired) electrons. The molecule has 0 spiro atoms. The predicted molar refractivity (Wildman–Crippen MR) is 59.5 cm³/mol. The number of hydrogen-bond donors (Lipinski definition) is 0. The van der Waals surface area contributed by atoms with E-state index in [-0.39, 0.29) is 21.1 Å². The van der Waals surface area contributed by atoms with Crippen molar-refractivity contribution in [2.45, 2.75) is 25.7 Å². The topological polar surface area (TPSA) is 68.3 Å². The van der Waals surface area contributed by atoms with Crippen LogP contribution < -0.4 is 0 Å². The molecule has 1 rings (SSSR count). The Morgan fingerprint density at radius 1 is 0.588 bits per heavy atom. The Hall–Kier alpha value is -1.15. The molecule has 90 valence electrons.